The van der Waals surface area contributed by atoms with Crippen LogP contribution in [0.1, 0.15) is 25.8 Å². The van der Waals surface area contributed by atoms with Gasteiger partial charge in [-0.25, -0.2) is 0 Å². The van der Waals surface area contributed by atoms with Crippen LogP contribution in [0, 0.1) is 0 Å². The molecule has 0 atom stereocenters. The Hall–Kier alpha value is -1.96. The van der Waals surface area contributed by atoms with Crippen molar-refractivity contribution in [2.24, 2.45) is 0 Å². The maximum absolute atomic E-state index is 5.94. The SMILES string of the molecule is CCCOc1ccc(-c2ccc(N)c(CC)c2)cc1. The number of ether oxygens (including phenoxy) is 1. The molecule has 0 saturated heterocycles. The summed E-state index contributed by atoms with van der Waals surface area (Å²) in [6.07, 6.45) is 1.98. The van der Waals surface area contributed by atoms with E-state index >= 15 is 0 Å². The van der Waals surface area contributed by atoms with Crippen molar-refractivity contribution in [3.05, 3.63) is 48.0 Å². The summed E-state index contributed by atoms with van der Waals surface area (Å²) in [5.74, 6) is 0.928. The fourth-order valence-corrected chi connectivity index (χ4v) is 2.06. The lowest BCUT2D eigenvalue weighted by molar-refractivity contribution is 0.317. The van der Waals surface area contributed by atoms with E-state index in [0.717, 1.165) is 30.9 Å². The summed E-state index contributed by atoms with van der Waals surface area (Å²) in [5.41, 5.74) is 10.4. The highest BCUT2D eigenvalue weighted by molar-refractivity contribution is 5.68. The van der Waals surface area contributed by atoms with Gasteiger partial charge in [0.05, 0.1) is 6.61 Å². The minimum Gasteiger partial charge on any atom is -0.494 e. The van der Waals surface area contributed by atoms with Gasteiger partial charge in [-0.3, -0.25) is 0 Å². The van der Waals surface area contributed by atoms with Gasteiger partial charge in [-0.2, -0.15) is 0 Å². The van der Waals surface area contributed by atoms with Crippen molar-refractivity contribution in [1.82, 2.24) is 0 Å². The van der Waals surface area contributed by atoms with Crippen molar-refractivity contribution in [3.8, 4) is 16.9 Å². The molecule has 0 unspecified atom stereocenters. The molecule has 0 fully saturated rings. The van der Waals surface area contributed by atoms with E-state index in [4.69, 9.17) is 10.5 Å². The van der Waals surface area contributed by atoms with Crippen LogP contribution in [0.15, 0.2) is 42.5 Å². The number of rotatable bonds is 5. The van der Waals surface area contributed by atoms with Crippen LogP contribution in [0.3, 0.4) is 0 Å². The molecule has 2 aromatic carbocycles. The zero-order chi connectivity index (χ0) is 13.7. The van der Waals surface area contributed by atoms with Gasteiger partial charge < -0.3 is 10.5 Å². The summed E-state index contributed by atoms with van der Waals surface area (Å²) < 4.78 is 5.59. The molecule has 0 aromatic heterocycles. The monoisotopic (exact) mass is 255 g/mol. The summed E-state index contributed by atoms with van der Waals surface area (Å²) in [6.45, 7) is 4.99. The highest BCUT2D eigenvalue weighted by atomic mass is 16.5. The van der Waals surface area contributed by atoms with Crippen LogP contribution < -0.4 is 10.5 Å². The first kappa shape index (κ1) is 13.5. The average molecular weight is 255 g/mol. The van der Waals surface area contributed by atoms with Gasteiger partial charge in [-0.05, 0) is 53.8 Å². The number of aryl methyl sites for hydroxylation is 1. The second kappa shape index (κ2) is 6.28. The van der Waals surface area contributed by atoms with Crippen LogP contribution in [0.25, 0.3) is 11.1 Å². The first-order valence-corrected chi connectivity index (χ1v) is 6.86. The van der Waals surface area contributed by atoms with E-state index in [2.05, 4.69) is 38.1 Å². The number of anilines is 1. The molecule has 0 amide bonds. The standard InChI is InChI=1S/C17H21NO/c1-3-11-19-16-8-5-14(6-9-16)15-7-10-17(18)13(4-2)12-15/h5-10,12H,3-4,11,18H2,1-2H3. The van der Waals surface area contributed by atoms with Crippen LogP contribution in [-0.4, -0.2) is 6.61 Å². The average Bonchev–Trinajstić information content (AvgIpc) is 2.46. The first-order chi connectivity index (χ1) is 9.24. The van der Waals surface area contributed by atoms with Gasteiger partial charge in [0.1, 0.15) is 5.75 Å². The van der Waals surface area contributed by atoms with E-state index in [1.807, 2.05) is 18.2 Å². The van der Waals surface area contributed by atoms with Crippen LogP contribution in [0.4, 0.5) is 5.69 Å². The predicted molar refractivity (Wildman–Crippen MR) is 81.5 cm³/mol. The maximum Gasteiger partial charge on any atom is 0.119 e. The third kappa shape index (κ3) is 3.28. The van der Waals surface area contributed by atoms with Crippen molar-refractivity contribution >= 4 is 5.69 Å². The fraction of sp³-hybridized carbons (Fsp3) is 0.294. The summed E-state index contributed by atoms with van der Waals surface area (Å²) in [4.78, 5) is 0. The lowest BCUT2D eigenvalue weighted by Gasteiger charge is -2.09. The largest absolute Gasteiger partial charge is 0.494 e. The maximum atomic E-state index is 5.94. The molecule has 0 heterocycles. The Morgan fingerprint density at radius 3 is 2.26 bits per heavy atom. The quantitative estimate of drug-likeness (QED) is 0.809. The van der Waals surface area contributed by atoms with Gasteiger partial charge in [0.2, 0.25) is 0 Å². The van der Waals surface area contributed by atoms with E-state index in [1.165, 1.54) is 16.7 Å². The minimum absolute atomic E-state index is 0.765. The lowest BCUT2D eigenvalue weighted by atomic mass is 10.0. The number of hydrogen-bond donors (Lipinski definition) is 1. The Kier molecular flexibility index (Phi) is 4.45. The Bertz CT molecular complexity index is 531. The zero-order valence-electron chi connectivity index (χ0n) is 11.6. The number of benzene rings is 2. The molecule has 0 aliphatic rings. The number of nitrogens with two attached hydrogens (primary N) is 1. The highest BCUT2D eigenvalue weighted by Gasteiger charge is 2.02. The molecule has 2 aromatic rings. The van der Waals surface area contributed by atoms with E-state index in [-0.39, 0.29) is 0 Å². The highest BCUT2D eigenvalue weighted by Crippen LogP contribution is 2.26. The number of hydrogen-bond acceptors (Lipinski definition) is 2. The zero-order valence-corrected chi connectivity index (χ0v) is 11.6. The van der Waals surface area contributed by atoms with E-state index in [1.54, 1.807) is 0 Å². The summed E-state index contributed by atoms with van der Waals surface area (Å²) in [7, 11) is 0. The van der Waals surface area contributed by atoms with Gasteiger partial charge in [0.25, 0.3) is 0 Å². The van der Waals surface area contributed by atoms with Crippen LogP contribution >= 0.6 is 0 Å². The van der Waals surface area contributed by atoms with Crippen LogP contribution in [0.2, 0.25) is 0 Å². The van der Waals surface area contributed by atoms with Gasteiger partial charge in [0, 0.05) is 5.69 Å². The molecule has 0 radical (unpaired) electrons. The van der Waals surface area contributed by atoms with E-state index in [0.29, 0.717) is 0 Å². The molecule has 2 nitrogen and oxygen atoms in total. The first-order valence-electron chi connectivity index (χ1n) is 6.86. The molecule has 2 heteroatoms. The van der Waals surface area contributed by atoms with Gasteiger partial charge in [-0.15, -0.1) is 0 Å². The van der Waals surface area contributed by atoms with Crippen molar-refractivity contribution in [2.45, 2.75) is 26.7 Å². The molecule has 0 saturated carbocycles. The van der Waals surface area contributed by atoms with Gasteiger partial charge in [0.15, 0.2) is 0 Å². The molecular formula is C17H21NO. The molecule has 0 aliphatic carbocycles. The molecule has 0 spiro atoms. The molecule has 19 heavy (non-hydrogen) atoms. The molecule has 0 bridgehead atoms. The topological polar surface area (TPSA) is 35.2 Å². The summed E-state index contributed by atoms with van der Waals surface area (Å²) in [6, 6.07) is 14.4. The Labute approximate surface area is 115 Å². The van der Waals surface area contributed by atoms with Crippen LogP contribution in [-0.2, 0) is 6.42 Å². The van der Waals surface area contributed by atoms with Crippen molar-refractivity contribution in [2.75, 3.05) is 12.3 Å². The smallest absolute Gasteiger partial charge is 0.119 e. The Morgan fingerprint density at radius 1 is 0.947 bits per heavy atom. The molecule has 100 valence electrons. The molecule has 2 rings (SSSR count). The molecular weight excluding hydrogens is 234 g/mol. The van der Waals surface area contributed by atoms with Gasteiger partial charge in [-0.1, -0.05) is 32.0 Å². The third-order valence-corrected chi connectivity index (χ3v) is 3.18. The third-order valence-electron chi connectivity index (χ3n) is 3.18. The fourth-order valence-electron chi connectivity index (χ4n) is 2.06. The minimum atomic E-state index is 0.765. The van der Waals surface area contributed by atoms with Crippen molar-refractivity contribution < 1.29 is 4.74 Å². The summed E-state index contributed by atoms with van der Waals surface area (Å²) >= 11 is 0. The second-order valence-electron chi connectivity index (χ2n) is 4.64. The molecule has 0 aliphatic heterocycles. The van der Waals surface area contributed by atoms with E-state index < -0.39 is 0 Å². The summed E-state index contributed by atoms with van der Waals surface area (Å²) in [5, 5.41) is 0. The van der Waals surface area contributed by atoms with E-state index in [9.17, 15) is 0 Å². The predicted octanol–water partition coefficient (Wildman–Crippen LogP) is 4.29. The Morgan fingerprint density at radius 2 is 1.63 bits per heavy atom. The second-order valence-corrected chi connectivity index (χ2v) is 4.64. The normalized spacial score (nSPS) is 10.4. The van der Waals surface area contributed by atoms with Gasteiger partial charge >= 0.3 is 0 Å². The molecule has 2 N–H and O–H groups in total. The van der Waals surface area contributed by atoms with Crippen molar-refractivity contribution in [3.63, 3.8) is 0 Å². The van der Waals surface area contributed by atoms with Crippen molar-refractivity contribution in [1.29, 1.82) is 0 Å². The Balaban J connectivity index is 2.22. The number of nitrogen functional groups attached to an aromatic ring is 1. The van der Waals surface area contributed by atoms with Crippen LogP contribution in [0.5, 0.6) is 5.75 Å². The lowest BCUT2D eigenvalue weighted by Crippen LogP contribution is -1.95.